The number of esters is 1. The molecule has 2 aromatic carbocycles. The molecular formula is C19H15FN4O5. The fourth-order valence-corrected chi connectivity index (χ4v) is 2.50. The zero-order valence-corrected chi connectivity index (χ0v) is 15.2. The second-order valence-electron chi connectivity index (χ2n) is 5.98. The van der Waals surface area contributed by atoms with Crippen LogP contribution >= 0.6 is 0 Å². The first-order valence-electron chi connectivity index (χ1n) is 8.37. The Morgan fingerprint density at radius 3 is 2.55 bits per heavy atom. The molecule has 1 amide bonds. The van der Waals surface area contributed by atoms with Crippen LogP contribution in [0.25, 0.3) is 5.69 Å². The van der Waals surface area contributed by atoms with Crippen molar-refractivity contribution < 1.29 is 23.6 Å². The number of benzene rings is 2. The minimum absolute atomic E-state index is 0.216. The molecule has 0 aliphatic carbocycles. The minimum atomic E-state index is -0.847. The summed E-state index contributed by atoms with van der Waals surface area (Å²) in [7, 11) is 0. The number of hydrogen-bond donors (Lipinski definition) is 1. The Kier molecular flexibility index (Phi) is 5.63. The minimum Gasteiger partial charge on any atom is -0.452 e. The number of nitrogens with one attached hydrogen (secondary N) is 1. The van der Waals surface area contributed by atoms with Crippen LogP contribution in [0.4, 0.5) is 15.8 Å². The molecule has 0 spiro atoms. The van der Waals surface area contributed by atoms with Crippen LogP contribution in [0.15, 0.2) is 54.7 Å². The van der Waals surface area contributed by atoms with E-state index in [2.05, 4.69) is 10.4 Å². The Morgan fingerprint density at radius 2 is 1.93 bits per heavy atom. The molecule has 0 saturated carbocycles. The molecule has 0 unspecified atom stereocenters. The van der Waals surface area contributed by atoms with Crippen molar-refractivity contribution in [3.63, 3.8) is 0 Å². The molecule has 1 heterocycles. The fourth-order valence-electron chi connectivity index (χ4n) is 2.50. The summed E-state index contributed by atoms with van der Waals surface area (Å²) >= 11 is 0. The zero-order chi connectivity index (χ0) is 21.0. The van der Waals surface area contributed by atoms with Crippen molar-refractivity contribution in [3.05, 3.63) is 81.9 Å². The molecule has 0 bridgehead atoms. The summed E-state index contributed by atoms with van der Waals surface area (Å²) < 4.78 is 20.3. The number of ether oxygens (including phenoxy) is 1. The lowest BCUT2D eigenvalue weighted by Gasteiger charge is -2.08. The lowest BCUT2D eigenvalue weighted by molar-refractivity contribution is -0.384. The highest BCUT2D eigenvalue weighted by molar-refractivity contribution is 5.95. The molecule has 0 saturated heterocycles. The highest BCUT2D eigenvalue weighted by Gasteiger charge is 2.15. The number of amides is 1. The third kappa shape index (κ3) is 4.61. The van der Waals surface area contributed by atoms with Gasteiger partial charge < -0.3 is 10.1 Å². The molecule has 0 atom stereocenters. The van der Waals surface area contributed by atoms with E-state index < -0.39 is 29.2 Å². The summed E-state index contributed by atoms with van der Waals surface area (Å²) in [4.78, 5) is 34.0. The monoisotopic (exact) mass is 398 g/mol. The summed E-state index contributed by atoms with van der Waals surface area (Å²) in [5, 5.41) is 17.0. The van der Waals surface area contributed by atoms with Gasteiger partial charge in [-0.15, -0.1) is 0 Å². The van der Waals surface area contributed by atoms with Gasteiger partial charge >= 0.3 is 5.97 Å². The molecule has 29 heavy (non-hydrogen) atoms. The number of anilines is 1. The Labute approximate surface area is 163 Å². The van der Waals surface area contributed by atoms with Gasteiger partial charge in [0.15, 0.2) is 6.61 Å². The van der Waals surface area contributed by atoms with Gasteiger partial charge in [-0.3, -0.25) is 14.9 Å². The molecule has 10 heteroatoms. The van der Waals surface area contributed by atoms with E-state index in [0.29, 0.717) is 0 Å². The molecule has 0 fully saturated rings. The second-order valence-corrected chi connectivity index (χ2v) is 5.98. The number of carbonyl (C=O) groups excluding carboxylic acids is 2. The van der Waals surface area contributed by atoms with E-state index in [1.807, 2.05) is 13.0 Å². The van der Waals surface area contributed by atoms with Gasteiger partial charge in [-0.25, -0.2) is 13.9 Å². The molecule has 148 valence electrons. The molecule has 0 radical (unpaired) electrons. The number of nitro benzene ring substituents is 1. The maximum Gasteiger partial charge on any atom is 0.338 e. The van der Waals surface area contributed by atoms with Gasteiger partial charge in [-0.2, -0.15) is 5.10 Å². The van der Waals surface area contributed by atoms with E-state index in [9.17, 15) is 24.1 Å². The van der Waals surface area contributed by atoms with E-state index in [1.54, 1.807) is 23.0 Å². The van der Waals surface area contributed by atoms with Gasteiger partial charge in [0.2, 0.25) is 0 Å². The summed E-state index contributed by atoms with van der Waals surface area (Å²) in [6.07, 6.45) is 1.65. The third-order valence-corrected chi connectivity index (χ3v) is 3.95. The lowest BCUT2D eigenvalue weighted by atomic mass is 10.2. The number of aromatic nitrogens is 2. The largest absolute Gasteiger partial charge is 0.452 e. The molecule has 1 aromatic heterocycles. The first-order chi connectivity index (χ1) is 13.8. The van der Waals surface area contributed by atoms with Crippen molar-refractivity contribution in [2.45, 2.75) is 6.92 Å². The van der Waals surface area contributed by atoms with Gasteiger partial charge in [0.1, 0.15) is 5.82 Å². The normalized spacial score (nSPS) is 10.4. The summed E-state index contributed by atoms with van der Waals surface area (Å²) in [6.45, 7) is 1.21. The maximum atomic E-state index is 13.7. The highest BCUT2D eigenvalue weighted by atomic mass is 19.1. The van der Waals surface area contributed by atoms with Gasteiger partial charge in [0.05, 0.1) is 21.9 Å². The van der Waals surface area contributed by atoms with E-state index in [-0.39, 0.29) is 16.9 Å². The van der Waals surface area contributed by atoms with Gasteiger partial charge in [-0.1, -0.05) is 0 Å². The van der Waals surface area contributed by atoms with Gasteiger partial charge in [-0.05, 0) is 43.3 Å². The lowest BCUT2D eigenvalue weighted by Crippen LogP contribution is -2.21. The Morgan fingerprint density at radius 1 is 1.21 bits per heavy atom. The first kappa shape index (κ1) is 19.7. The smallest absolute Gasteiger partial charge is 0.338 e. The SMILES string of the molecule is Cc1ccnn1-c1ccc(C(=O)OCC(=O)Nc2cc([N+](=O)[O-])ccc2F)cc1. The molecule has 3 aromatic rings. The van der Waals surface area contributed by atoms with Crippen LogP contribution in [0.5, 0.6) is 0 Å². The number of non-ortho nitro benzene ring substituents is 1. The number of aryl methyl sites for hydroxylation is 1. The van der Waals surface area contributed by atoms with Crippen molar-refractivity contribution in [3.8, 4) is 5.69 Å². The van der Waals surface area contributed by atoms with Crippen LogP contribution in [-0.4, -0.2) is 33.2 Å². The van der Waals surface area contributed by atoms with Crippen LogP contribution in [0.2, 0.25) is 0 Å². The second kappa shape index (κ2) is 8.30. The average molecular weight is 398 g/mol. The average Bonchev–Trinajstić information content (AvgIpc) is 3.13. The van der Waals surface area contributed by atoms with Crippen molar-refractivity contribution in [1.82, 2.24) is 9.78 Å². The molecule has 0 aliphatic heterocycles. The van der Waals surface area contributed by atoms with Crippen LogP contribution in [0.3, 0.4) is 0 Å². The van der Waals surface area contributed by atoms with Crippen LogP contribution in [0.1, 0.15) is 16.1 Å². The summed E-state index contributed by atoms with van der Waals surface area (Å²) in [6, 6.07) is 11.0. The zero-order valence-electron chi connectivity index (χ0n) is 15.2. The van der Waals surface area contributed by atoms with Crippen molar-refractivity contribution >= 4 is 23.3 Å². The number of nitrogens with zero attached hydrogens (tertiary/aromatic N) is 3. The van der Waals surface area contributed by atoms with Crippen molar-refractivity contribution in [2.75, 3.05) is 11.9 Å². The number of rotatable bonds is 6. The molecule has 0 aliphatic rings. The van der Waals surface area contributed by atoms with Crippen molar-refractivity contribution in [1.29, 1.82) is 0 Å². The fraction of sp³-hybridized carbons (Fsp3) is 0.105. The molecule has 1 N–H and O–H groups in total. The van der Waals surface area contributed by atoms with Gasteiger partial charge in [0, 0.05) is 24.0 Å². The quantitative estimate of drug-likeness (QED) is 0.388. The van der Waals surface area contributed by atoms with E-state index in [0.717, 1.165) is 29.6 Å². The standard InChI is InChI=1S/C19H15FN4O5/c1-12-8-9-21-23(12)14-4-2-13(3-5-14)19(26)29-11-18(25)22-17-10-15(24(27)28)6-7-16(17)20/h2-10H,11H2,1H3,(H,22,25). The summed E-state index contributed by atoms with van der Waals surface area (Å²) in [5.41, 5.74) is 1.13. The summed E-state index contributed by atoms with van der Waals surface area (Å²) in [5.74, 6) is -2.43. The Hall–Kier alpha value is -4.08. The molecule has 9 nitrogen and oxygen atoms in total. The predicted molar refractivity (Wildman–Crippen MR) is 100 cm³/mol. The first-order valence-corrected chi connectivity index (χ1v) is 8.37. The Balaban J connectivity index is 1.59. The molecular weight excluding hydrogens is 383 g/mol. The van der Waals surface area contributed by atoms with E-state index in [4.69, 9.17) is 4.74 Å². The third-order valence-electron chi connectivity index (χ3n) is 3.95. The topological polar surface area (TPSA) is 116 Å². The highest BCUT2D eigenvalue weighted by Crippen LogP contribution is 2.21. The van der Waals surface area contributed by atoms with Crippen molar-refractivity contribution in [2.24, 2.45) is 0 Å². The number of nitro groups is 1. The maximum absolute atomic E-state index is 13.7. The predicted octanol–water partition coefficient (Wildman–Crippen LogP) is 3.02. The van der Waals surface area contributed by atoms with Crippen LogP contribution in [-0.2, 0) is 9.53 Å². The van der Waals surface area contributed by atoms with E-state index in [1.165, 1.54) is 12.1 Å². The van der Waals surface area contributed by atoms with Gasteiger partial charge in [0.25, 0.3) is 11.6 Å². The van der Waals surface area contributed by atoms with Crippen LogP contribution < -0.4 is 5.32 Å². The van der Waals surface area contributed by atoms with Crippen LogP contribution in [0, 0.1) is 22.9 Å². The number of halogens is 1. The Bertz CT molecular complexity index is 1080. The number of hydrogen-bond acceptors (Lipinski definition) is 6. The number of carbonyl (C=O) groups is 2. The molecule has 3 rings (SSSR count). The van der Waals surface area contributed by atoms with E-state index >= 15 is 0 Å².